The average Bonchev–Trinajstić information content (AvgIpc) is 2.26. The maximum atomic E-state index is 11.8. The van der Waals surface area contributed by atoms with Crippen molar-refractivity contribution in [2.75, 3.05) is 0 Å². The van der Waals surface area contributed by atoms with Crippen LogP contribution in [0.1, 0.15) is 16.8 Å². The van der Waals surface area contributed by atoms with Crippen molar-refractivity contribution in [3.63, 3.8) is 0 Å². The zero-order chi connectivity index (χ0) is 14.6. The largest absolute Gasteiger partial charge is 0.480 e. The first-order valence-electron chi connectivity index (χ1n) is 4.95. The maximum absolute atomic E-state index is 11.8. The lowest BCUT2D eigenvalue weighted by atomic mass is 10.2. The lowest BCUT2D eigenvalue weighted by molar-refractivity contribution is -0.140. The Morgan fingerprint density at radius 2 is 2.00 bits per heavy atom. The van der Waals surface area contributed by atoms with Crippen LogP contribution in [0, 0.1) is 0 Å². The smallest absolute Gasteiger partial charge is 0.326 e. The summed E-state index contributed by atoms with van der Waals surface area (Å²) in [5, 5.41) is 10.9. The number of nitrogens with one attached hydrogen (secondary N) is 1. The van der Waals surface area contributed by atoms with Crippen LogP contribution in [0.15, 0.2) is 12.1 Å². The van der Waals surface area contributed by atoms with Crippen LogP contribution in [0.4, 0.5) is 0 Å². The molecule has 1 atom stereocenters. The molecule has 0 aliphatic heterocycles. The Labute approximate surface area is 117 Å². The fourth-order valence-corrected chi connectivity index (χ4v) is 1.65. The summed E-state index contributed by atoms with van der Waals surface area (Å²) in [5.74, 6) is -3.03. The van der Waals surface area contributed by atoms with Crippen molar-refractivity contribution in [1.29, 1.82) is 0 Å². The predicted octanol–water partition coefficient (Wildman–Crippen LogP) is 0.447. The van der Waals surface area contributed by atoms with Gasteiger partial charge < -0.3 is 16.2 Å². The minimum atomic E-state index is -1.43. The number of primary amides is 1. The van der Waals surface area contributed by atoms with Gasteiger partial charge in [-0.3, -0.25) is 9.59 Å². The number of rotatable bonds is 5. The van der Waals surface area contributed by atoms with Gasteiger partial charge in [-0.25, -0.2) is 9.78 Å². The number of aliphatic carboxylic acids is 1. The zero-order valence-corrected chi connectivity index (χ0v) is 10.9. The number of carboxylic acids is 1. The van der Waals surface area contributed by atoms with E-state index in [0.717, 1.165) is 0 Å². The molecular weight excluding hydrogens is 297 g/mol. The molecule has 19 heavy (non-hydrogen) atoms. The first-order valence-corrected chi connectivity index (χ1v) is 5.71. The van der Waals surface area contributed by atoms with Gasteiger partial charge in [-0.15, -0.1) is 0 Å². The molecule has 7 nitrogen and oxygen atoms in total. The van der Waals surface area contributed by atoms with Crippen LogP contribution in [0.3, 0.4) is 0 Å². The summed E-state index contributed by atoms with van der Waals surface area (Å²) in [6, 6.07) is 1.18. The van der Waals surface area contributed by atoms with Crippen LogP contribution in [0.25, 0.3) is 0 Å². The lowest BCUT2D eigenvalue weighted by Crippen LogP contribution is -2.43. The molecule has 1 rings (SSSR count). The summed E-state index contributed by atoms with van der Waals surface area (Å²) in [6.45, 7) is 0. The minimum absolute atomic E-state index is 0.0539. The van der Waals surface area contributed by atoms with Crippen LogP contribution < -0.4 is 11.1 Å². The van der Waals surface area contributed by atoms with Gasteiger partial charge in [0.25, 0.3) is 5.91 Å². The highest BCUT2D eigenvalue weighted by atomic mass is 35.5. The van der Waals surface area contributed by atoms with E-state index in [1.807, 2.05) is 0 Å². The highest BCUT2D eigenvalue weighted by Crippen LogP contribution is 2.16. The third-order valence-corrected chi connectivity index (χ3v) is 2.57. The molecule has 0 aromatic carbocycles. The van der Waals surface area contributed by atoms with E-state index in [2.05, 4.69) is 10.3 Å². The number of carbonyl (C=O) groups is 3. The maximum Gasteiger partial charge on any atom is 0.326 e. The van der Waals surface area contributed by atoms with E-state index in [-0.39, 0.29) is 15.9 Å². The molecule has 1 aromatic heterocycles. The van der Waals surface area contributed by atoms with Crippen molar-refractivity contribution >= 4 is 41.0 Å². The number of amides is 2. The third kappa shape index (κ3) is 4.38. The molecule has 0 bridgehead atoms. The van der Waals surface area contributed by atoms with E-state index in [4.69, 9.17) is 34.0 Å². The molecular formula is C10H9Cl2N3O4. The number of carboxylic acid groups (broad SMARTS) is 1. The normalized spacial score (nSPS) is 11.7. The van der Waals surface area contributed by atoms with Gasteiger partial charge in [0, 0.05) is 0 Å². The molecule has 0 spiro atoms. The van der Waals surface area contributed by atoms with Crippen molar-refractivity contribution in [1.82, 2.24) is 10.3 Å². The number of aromatic nitrogens is 1. The van der Waals surface area contributed by atoms with Crippen molar-refractivity contribution < 1.29 is 19.5 Å². The Balaban J connectivity index is 2.87. The van der Waals surface area contributed by atoms with Gasteiger partial charge in [0.2, 0.25) is 5.91 Å². The van der Waals surface area contributed by atoms with E-state index in [0.29, 0.717) is 0 Å². The Kier molecular flexibility index (Phi) is 5.08. The Hall–Kier alpha value is -1.86. The van der Waals surface area contributed by atoms with Crippen molar-refractivity contribution in [2.24, 2.45) is 5.73 Å². The van der Waals surface area contributed by atoms with E-state index >= 15 is 0 Å². The number of hydrogen-bond acceptors (Lipinski definition) is 4. The highest BCUT2D eigenvalue weighted by molar-refractivity contribution is 6.34. The summed E-state index contributed by atoms with van der Waals surface area (Å²) >= 11 is 11.3. The number of halogens is 2. The molecule has 9 heteroatoms. The standard InChI is InChI=1S/C10H9Cl2N3O4/c11-6-2-1-4(8(12)15-6)9(17)14-5(10(18)19)3-7(13)16/h1-2,5H,3H2,(H2,13,16)(H,14,17)(H,18,19)/t5-/m0/s1. The van der Waals surface area contributed by atoms with Gasteiger partial charge in [-0.2, -0.15) is 0 Å². The number of hydrogen-bond donors (Lipinski definition) is 3. The van der Waals surface area contributed by atoms with Crippen LogP contribution in [0.2, 0.25) is 10.3 Å². The number of carbonyl (C=O) groups excluding carboxylic acids is 2. The number of nitrogens with zero attached hydrogens (tertiary/aromatic N) is 1. The van der Waals surface area contributed by atoms with Gasteiger partial charge in [0.05, 0.1) is 12.0 Å². The molecule has 0 fully saturated rings. The van der Waals surface area contributed by atoms with Crippen molar-refractivity contribution in [2.45, 2.75) is 12.5 Å². The first-order chi connectivity index (χ1) is 8.81. The van der Waals surface area contributed by atoms with E-state index < -0.39 is 30.2 Å². The van der Waals surface area contributed by atoms with Crippen molar-refractivity contribution in [3.05, 3.63) is 28.0 Å². The zero-order valence-electron chi connectivity index (χ0n) is 9.39. The Bertz CT molecular complexity index is 536. The van der Waals surface area contributed by atoms with Gasteiger partial charge in [0.1, 0.15) is 16.3 Å². The molecule has 0 radical (unpaired) electrons. The molecule has 0 aliphatic carbocycles. The Morgan fingerprint density at radius 1 is 1.37 bits per heavy atom. The molecule has 0 aliphatic rings. The van der Waals surface area contributed by atoms with Gasteiger partial charge >= 0.3 is 5.97 Å². The van der Waals surface area contributed by atoms with Crippen LogP contribution in [0.5, 0.6) is 0 Å². The summed E-state index contributed by atoms with van der Waals surface area (Å²) in [4.78, 5) is 37.0. The van der Waals surface area contributed by atoms with E-state index in [9.17, 15) is 14.4 Å². The fraction of sp³-hybridized carbons (Fsp3) is 0.200. The molecule has 0 unspecified atom stereocenters. The molecule has 102 valence electrons. The molecule has 1 heterocycles. The van der Waals surface area contributed by atoms with Crippen LogP contribution >= 0.6 is 23.2 Å². The van der Waals surface area contributed by atoms with E-state index in [1.54, 1.807) is 0 Å². The Morgan fingerprint density at radius 3 is 2.47 bits per heavy atom. The third-order valence-electron chi connectivity index (χ3n) is 2.07. The SMILES string of the molecule is NC(=O)C[C@H](NC(=O)c1ccc(Cl)nc1Cl)C(=O)O. The molecule has 2 amide bonds. The first kappa shape index (κ1) is 15.2. The monoisotopic (exact) mass is 305 g/mol. The second-order valence-corrected chi connectivity index (χ2v) is 4.25. The summed E-state index contributed by atoms with van der Waals surface area (Å²) < 4.78 is 0. The van der Waals surface area contributed by atoms with Gasteiger partial charge in [0.15, 0.2) is 0 Å². The van der Waals surface area contributed by atoms with Gasteiger partial charge in [-0.05, 0) is 12.1 Å². The van der Waals surface area contributed by atoms with E-state index in [1.165, 1.54) is 12.1 Å². The minimum Gasteiger partial charge on any atom is -0.480 e. The fourth-order valence-electron chi connectivity index (χ4n) is 1.22. The summed E-state index contributed by atoms with van der Waals surface area (Å²) in [6.07, 6.45) is -0.528. The quantitative estimate of drug-likeness (QED) is 0.681. The predicted molar refractivity (Wildman–Crippen MR) is 67.0 cm³/mol. The molecule has 0 saturated heterocycles. The molecule has 4 N–H and O–H groups in total. The van der Waals surface area contributed by atoms with Crippen LogP contribution in [-0.2, 0) is 9.59 Å². The molecule has 0 saturated carbocycles. The summed E-state index contributed by atoms with van der Waals surface area (Å²) in [5.41, 5.74) is 4.83. The average molecular weight is 306 g/mol. The highest BCUT2D eigenvalue weighted by Gasteiger charge is 2.24. The number of nitrogens with two attached hydrogens (primary N) is 1. The topological polar surface area (TPSA) is 122 Å². The second kappa shape index (κ2) is 6.35. The lowest BCUT2D eigenvalue weighted by Gasteiger charge is -2.13. The van der Waals surface area contributed by atoms with Gasteiger partial charge in [-0.1, -0.05) is 23.2 Å². The molecule has 1 aromatic rings. The number of pyridine rings is 1. The summed E-state index contributed by atoms with van der Waals surface area (Å²) in [7, 11) is 0. The van der Waals surface area contributed by atoms with Crippen LogP contribution in [-0.4, -0.2) is 33.9 Å². The second-order valence-electron chi connectivity index (χ2n) is 3.51. The van der Waals surface area contributed by atoms with Crippen molar-refractivity contribution in [3.8, 4) is 0 Å².